The normalized spacial score (nSPS) is 21.1. The monoisotopic (exact) mass is 218 g/mol. The Morgan fingerprint density at radius 1 is 1.44 bits per heavy atom. The van der Waals surface area contributed by atoms with Gasteiger partial charge in [0.25, 0.3) is 0 Å². The van der Waals surface area contributed by atoms with Gasteiger partial charge in [0.15, 0.2) is 0 Å². The van der Waals surface area contributed by atoms with Crippen LogP contribution in [0.3, 0.4) is 0 Å². The molecule has 1 aliphatic rings. The third-order valence-corrected chi connectivity index (χ3v) is 3.72. The van der Waals surface area contributed by atoms with Gasteiger partial charge < -0.3 is 10.6 Å². The van der Waals surface area contributed by atoms with E-state index in [4.69, 9.17) is 5.73 Å². The van der Waals surface area contributed by atoms with Crippen molar-refractivity contribution in [2.75, 3.05) is 23.7 Å². The number of rotatable bonds is 2. The molecule has 2 rings (SSSR count). The van der Waals surface area contributed by atoms with Gasteiger partial charge in [-0.1, -0.05) is 19.4 Å². The number of aryl methyl sites for hydroxylation is 1. The standard InChI is InChI=1S/C14H22N2/c1-3-12-5-4-8-16(10-12)13-7-6-11(2)14(15)9-13/h6-7,9,12H,3-5,8,10,15H2,1-2H3. The van der Waals surface area contributed by atoms with Crippen LogP contribution in [0.25, 0.3) is 0 Å². The molecule has 0 saturated carbocycles. The van der Waals surface area contributed by atoms with Crippen LogP contribution in [0, 0.1) is 12.8 Å². The van der Waals surface area contributed by atoms with Gasteiger partial charge in [0.1, 0.15) is 0 Å². The molecule has 0 amide bonds. The summed E-state index contributed by atoms with van der Waals surface area (Å²) >= 11 is 0. The van der Waals surface area contributed by atoms with Crippen molar-refractivity contribution in [2.24, 2.45) is 5.92 Å². The van der Waals surface area contributed by atoms with Crippen molar-refractivity contribution in [1.82, 2.24) is 0 Å². The number of nitrogens with zero attached hydrogens (tertiary/aromatic N) is 1. The van der Waals surface area contributed by atoms with E-state index in [2.05, 4.69) is 36.9 Å². The molecule has 88 valence electrons. The van der Waals surface area contributed by atoms with Crippen LogP contribution in [0.1, 0.15) is 31.7 Å². The first-order chi connectivity index (χ1) is 7.70. The highest BCUT2D eigenvalue weighted by atomic mass is 15.1. The molecule has 0 aliphatic carbocycles. The zero-order chi connectivity index (χ0) is 11.5. The molecule has 16 heavy (non-hydrogen) atoms. The van der Waals surface area contributed by atoms with Crippen molar-refractivity contribution >= 4 is 11.4 Å². The summed E-state index contributed by atoms with van der Waals surface area (Å²) in [5.41, 5.74) is 9.35. The predicted octanol–water partition coefficient (Wildman–Crippen LogP) is 3.20. The first-order valence-corrected chi connectivity index (χ1v) is 6.31. The summed E-state index contributed by atoms with van der Waals surface area (Å²) in [6, 6.07) is 6.44. The summed E-state index contributed by atoms with van der Waals surface area (Å²) in [5.74, 6) is 0.858. The Hall–Kier alpha value is -1.18. The van der Waals surface area contributed by atoms with Crippen molar-refractivity contribution < 1.29 is 0 Å². The molecule has 1 fully saturated rings. The second-order valence-corrected chi connectivity index (χ2v) is 4.90. The van der Waals surface area contributed by atoms with E-state index in [0.29, 0.717) is 0 Å². The molecule has 0 spiro atoms. The number of hydrogen-bond acceptors (Lipinski definition) is 2. The molecule has 1 atom stereocenters. The van der Waals surface area contributed by atoms with Crippen LogP contribution in [0.5, 0.6) is 0 Å². The minimum atomic E-state index is 0.858. The van der Waals surface area contributed by atoms with Crippen LogP contribution in [0.15, 0.2) is 18.2 Å². The maximum Gasteiger partial charge on any atom is 0.0387 e. The molecule has 1 aromatic rings. The number of anilines is 2. The number of hydrogen-bond donors (Lipinski definition) is 1. The van der Waals surface area contributed by atoms with Crippen LogP contribution in [-0.4, -0.2) is 13.1 Å². The summed E-state index contributed by atoms with van der Waals surface area (Å²) in [6.45, 7) is 6.72. The highest BCUT2D eigenvalue weighted by Gasteiger charge is 2.18. The average Bonchev–Trinajstić information content (AvgIpc) is 2.33. The van der Waals surface area contributed by atoms with Crippen LogP contribution in [0.4, 0.5) is 11.4 Å². The van der Waals surface area contributed by atoms with E-state index in [1.54, 1.807) is 0 Å². The van der Waals surface area contributed by atoms with E-state index in [1.807, 2.05) is 0 Å². The minimum Gasteiger partial charge on any atom is -0.398 e. The van der Waals surface area contributed by atoms with E-state index in [-0.39, 0.29) is 0 Å². The number of piperidine rings is 1. The molecule has 1 saturated heterocycles. The van der Waals surface area contributed by atoms with Crippen LogP contribution >= 0.6 is 0 Å². The maximum absolute atomic E-state index is 5.97. The quantitative estimate of drug-likeness (QED) is 0.772. The van der Waals surface area contributed by atoms with E-state index < -0.39 is 0 Å². The summed E-state index contributed by atoms with van der Waals surface area (Å²) in [5, 5.41) is 0. The topological polar surface area (TPSA) is 29.3 Å². The molecule has 2 heteroatoms. The number of nitrogens with two attached hydrogens (primary N) is 1. The predicted molar refractivity (Wildman–Crippen MR) is 70.8 cm³/mol. The van der Waals surface area contributed by atoms with Gasteiger partial charge in [-0.05, 0) is 43.4 Å². The lowest BCUT2D eigenvalue weighted by atomic mass is 9.95. The van der Waals surface area contributed by atoms with Gasteiger partial charge in [0.05, 0.1) is 0 Å². The summed E-state index contributed by atoms with van der Waals surface area (Å²) < 4.78 is 0. The van der Waals surface area contributed by atoms with E-state index in [0.717, 1.165) is 11.6 Å². The van der Waals surface area contributed by atoms with Crippen molar-refractivity contribution in [3.8, 4) is 0 Å². The van der Waals surface area contributed by atoms with Gasteiger partial charge in [-0.15, -0.1) is 0 Å². The summed E-state index contributed by atoms with van der Waals surface area (Å²) in [7, 11) is 0. The fraction of sp³-hybridized carbons (Fsp3) is 0.571. The molecule has 1 unspecified atom stereocenters. The van der Waals surface area contributed by atoms with Gasteiger partial charge in [0.2, 0.25) is 0 Å². The van der Waals surface area contributed by atoms with Gasteiger partial charge >= 0.3 is 0 Å². The number of benzene rings is 1. The lowest BCUT2D eigenvalue weighted by molar-refractivity contribution is 0.405. The molecule has 1 heterocycles. The maximum atomic E-state index is 5.97. The van der Waals surface area contributed by atoms with E-state index >= 15 is 0 Å². The van der Waals surface area contributed by atoms with Gasteiger partial charge in [-0.2, -0.15) is 0 Å². The Morgan fingerprint density at radius 3 is 2.94 bits per heavy atom. The highest BCUT2D eigenvalue weighted by Crippen LogP contribution is 2.27. The number of nitrogen functional groups attached to an aromatic ring is 1. The zero-order valence-electron chi connectivity index (χ0n) is 10.4. The SMILES string of the molecule is CCC1CCCN(c2ccc(C)c(N)c2)C1. The fourth-order valence-corrected chi connectivity index (χ4v) is 2.46. The zero-order valence-corrected chi connectivity index (χ0v) is 10.4. The van der Waals surface area contributed by atoms with Gasteiger partial charge in [0, 0.05) is 24.5 Å². The third kappa shape index (κ3) is 2.31. The van der Waals surface area contributed by atoms with Gasteiger partial charge in [-0.3, -0.25) is 0 Å². The molecule has 0 aromatic heterocycles. The fourth-order valence-electron chi connectivity index (χ4n) is 2.46. The first kappa shape index (κ1) is 11.3. The van der Waals surface area contributed by atoms with Crippen molar-refractivity contribution in [1.29, 1.82) is 0 Å². The average molecular weight is 218 g/mol. The van der Waals surface area contributed by atoms with Crippen molar-refractivity contribution in [2.45, 2.75) is 33.1 Å². The molecule has 1 aliphatic heterocycles. The summed E-state index contributed by atoms with van der Waals surface area (Å²) in [6.07, 6.45) is 3.98. The molecule has 2 nitrogen and oxygen atoms in total. The lowest BCUT2D eigenvalue weighted by Crippen LogP contribution is -2.35. The molecule has 2 N–H and O–H groups in total. The Morgan fingerprint density at radius 2 is 2.25 bits per heavy atom. The van der Waals surface area contributed by atoms with E-state index in [1.165, 1.54) is 43.6 Å². The smallest absolute Gasteiger partial charge is 0.0387 e. The van der Waals surface area contributed by atoms with Crippen molar-refractivity contribution in [3.63, 3.8) is 0 Å². The molecular formula is C14H22N2. The highest BCUT2D eigenvalue weighted by molar-refractivity contribution is 5.59. The van der Waals surface area contributed by atoms with Crippen LogP contribution < -0.4 is 10.6 Å². The Balaban J connectivity index is 2.13. The Labute approximate surface area is 98.4 Å². The summed E-state index contributed by atoms with van der Waals surface area (Å²) in [4.78, 5) is 2.48. The third-order valence-electron chi connectivity index (χ3n) is 3.72. The molecular weight excluding hydrogens is 196 g/mol. The van der Waals surface area contributed by atoms with Gasteiger partial charge in [-0.25, -0.2) is 0 Å². The molecule has 0 radical (unpaired) electrons. The molecule has 1 aromatic carbocycles. The van der Waals surface area contributed by atoms with Crippen LogP contribution in [0.2, 0.25) is 0 Å². The first-order valence-electron chi connectivity index (χ1n) is 6.31. The van der Waals surface area contributed by atoms with Crippen LogP contribution in [-0.2, 0) is 0 Å². The largest absolute Gasteiger partial charge is 0.398 e. The Kier molecular flexibility index (Phi) is 3.37. The second-order valence-electron chi connectivity index (χ2n) is 4.90. The molecule has 0 bridgehead atoms. The lowest BCUT2D eigenvalue weighted by Gasteiger charge is -2.34. The minimum absolute atomic E-state index is 0.858. The second kappa shape index (κ2) is 4.77. The van der Waals surface area contributed by atoms with Crippen molar-refractivity contribution in [3.05, 3.63) is 23.8 Å². The van der Waals surface area contributed by atoms with E-state index in [9.17, 15) is 0 Å². The Bertz CT molecular complexity index is 360.